The Kier molecular flexibility index (Phi) is 3.19. The Morgan fingerprint density at radius 1 is 1.05 bits per heavy atom. The Hall–Kier alpha value is -0.740. The third-order valence-corrected chi connectivity index (χ3v) is 5.84. The van der Waals surface area contributed by atoms with Gasteiger partial charge < -0.3 is 15.2 Å². The van der Waals surface area contributed by atoms with Crippen LogP contribution in [0.5, 0.6) is 11.5 Å². The van der Waals surface area contributed by atoms with E-state index < -0.39 is 0 Å². The maximum atomic E-state index is 6.57. The summed E-state index contributed by atoms with van der Waals surface area (Å²) >= 11 is 3.66. The predicted octanol–water partition coefficient (Wildman–Crippen LogP) is 3.66. The molecule has 0 saturated heterocycles. The molecule has 1 heterocycles. The summed E-state index contributed by atoms with van der Waals surface area (Å²) in [5.74, 6) is 4.05. The summed E-state index contributed by atoms with van der Waals surface area (Å²) in [6, 6.07) is 4.21. The Balaban J connectivity index is 1.61. The smallest absolute Gasteiger partial charge is 0.162 e. The lowest BCUT2D eigenvalue weighted by Gasteiger charge is -2.22. The maximum Gasteiger partial charge on any atom is 0.162 e. The minimum atomic E-state index is 0.119. The van der Waals surface area contributed by atoms with Gasteiger partial charge in [-0.2, -0.15) is 0 Å². The van der Waals surface area contributed by atoms with Crippen molar-refractivity contribution in [3.8, 4) is 11.5 Å². The summed E-state index contributed by atoms with van der Waals surface area (Å²) < 4.78 is 12.4. The quantitative estimate of drug-likeness (QED) is 0.895. The first-order chi connectivity index (χ1) is 9.75. The zero-order valence-corrected chi connectivity index (χ0v) is 13.1. The standard InChI is InChI=1S/C16H20BrNO2/c17-12-8-14-13(19-5-6-20-14)7-11(12)16(18)15-9-3-1-2-4-10(9)15/h7-10,15-16H,1-6,18H2. The van der Waals surface area contributed by atoms with Crippen molar-refractivity contribution in [1.82, 2.24) is 0 Å². The number of halogens is 1. The van der Waals surface area contributed by atoms with Crippen molar-refractivity contribution in [2.45, 2.75) is 31.7 Å². The summed E-state index contributed by atoms with van der Waals surface area (Å²) in [6.45, 7) is 1.25. The largest absolute Gasteiger partial charge is 0.486 e. The Labute approximate surface area is 127 Å². The summed E-state index contributed by atoms with van der Waals surface area (Å²) in [6.07, 6.45) is 5.50. The van der Waals surface area contributed by atoms with E-state index in [1.54, 1.807) is 0 Å². The van der Waals surface area contributed by atoms with E-state index in [4.69, 9.17) is 15.2 Å². The van der Waals surface area contributed by atoms with E-state index in [-0.39, 0.29) is 6.04 Å². The summed E-state index contributed by atoms with van der Waals surface area (Å²) in [4.78, 5) is 0. The second-order valence-electron chi connectivity index (χ2n) is 6.23. The van der Waals surface area contributed by atoms with Crippen LogP contribution in [0.4, 0.5) is 0 Å². The van der Waals surface area contributed by atoms with E-state index >= 15 is 0 Å². The molecular formula is C16H20BrNO2. The molecule has 2 fully saturated rings. The first-order valence-corrected chi connectivity index (χ1v) is 8.39. The molecule has 3 unspecified atom stereocenters. The highest BCUT2D eigenvalue weighted by Crippen LogP contribution is 2.60. The SMILES string of the molecule is NC(c1cc2c(cc1Br)OCCO2)C1C2CCCCC21. The van der Waals surface area contributed by atoms with E-state index in [1.807, 2.05) is 6.07 Å². The van der Waals surface area contributed by atoms with E-state index in [9.17, 15) is 0 Å². The van der Waals surface area contributed by atoms with Gasteiger partial charge in [0.15, 0.2) is 11.5 Å². The van der Waals surface area contributed by atoms with Crippen LogP contribution in [-0.4, -0.2) is 13.2 Å². The highest BCUT2D eigenvalue weighted by atomic mass is 79.9. The first kappa shape index (κ1) is 13.0. The number of hydrogen-bond donors (Lipinski definition) is 1. The second kappa shape index (κ2) is 4.92. The third-order valence-electron chi connectivity index (χ3n) is 5.16. The summed E-state index contributed by atoms with van der Waals surface area (Å²) in [7, 11) is 0. The van der Waals surface area contributed by atoms with Crippen LogP contribution in [0, 0.1) is 17.8 Å². The molecule has 1 aliphatic heterocycles. The molecule has 0 amide bonds. The van der Waals surface area contributed by atoms with Crippen LogP contribution in [0.2, 0.25) is 0 Å². The lowest BCUT2D eigenvalue weighted by molar-refractivity contribution is 0.171. The molecule has 0 aromatic heterocycles. The van der Waals surface area contributed by atoms with Crippen LogP contribution in [0.3, 0.4) is 0 Å². The number of benzene rings is 1. The van der Waals surface area contributed by atoms with Crippen molar-refractivity contribution in [3.05, 3.63) is 22.2 Å². The molecule has 2 N–H and O–H groups in total. The second-order valence-corrected chi connectivity index (χ2v) is 7.09. The molecule has 2 saturated carbocycles. The van der Waals surface area contributed by atoms with Crippen molar-refractivity contribution in [2.24, 2.45) is 23.5 Å². The van der Waals surface area contributed by atoms with Gasteiger partial charge in [0, 0.05) is 10.5 Å². The fourth-order valence-corrected chi connectivity index (χ4v) is 4.71. The Morgan fingerprint density at radius 3 is 2.30 bits per heavy atom. The van der Waals surface area contributed by atoms with E-state index in [0.717, 1.165) is 27.8 Å². The number of ether oxygens (including phenoxy) is 2. The van der Waals surface area contributed by atoms with Gasteiger partial charge in [0.05, 0.1) is 0 Å². The van der Waals surface area contributed by atoms with Crippen molar-refractivity contribution < 1.29 is 9.47 Å². The van der Waals surface area contributed by atoms with Crippen LogP contribution in [0.1, 0.15) is 37.3 Å². The van der Waals surface area contributed by atoms with Crippen LogP contribution >= 0.6 is 15.9 Å². The number of nitrogens with two attached hydrogens (primary N) is 1. The Bertz CT molecular complexity index is 521. The maximum absolute atomic E-state index is 6.57. The van der Waals surface area contributed by atoms with Gasteiger partial charge in [0.1, 0.15) is 13.2 Å². The van der Waals surface area contributed by atoms with Gasteiger partial charge >= 0.3 is 0 Å². The minimum absolute atomic E-state index is 0.119. The van der Waals surface area contributed by atoms with Crippen molar-refractivity contribution in [2.75, 3.05) is 13.2 Å². The molecule has 0 bridgehead atoms. The molecule has 3 atom stereocenters. The fraction of sp³-hybridized carbons (Fsp3) is 0.625. The number of hydrogen-bond acceptors (Lipinski definition) is 3. The lowest BCUT2D eigenvalue weighted by atomic mass is 10.00. The van der Waals surface area contributed by atoms with Gasteiger partial charge in [0.25, 0.3) is 0 Å². The molecule has 108 valence electrons. The third kappa shape index (κ3) is 2.04. The average Bonchev–Trinajstić information content (AvgIpc) is 3.20. The van der Waals surface area contributed by atoms with Gasteiger partial charge in [-0.1, -0.05) is 28.8 Å². The normalized spacial score (nSPS) is 32.4. The van der Waals surface area contributed by atoms with Crippen LogP contribution in [0.15, 0.2) is 16.6 Å². The van der Waals surface area contributed by atoms with Gasteiger partial charge in [-0.05, 0) is 48.3 Å². The molecular weight excluding hydrogens is 318 g/mol. The monoisotopic (exact) mass is 337 g/mol. The molecule has 1 aromatic carbocycles. The molecule has 3 aliphatic rings. The highest BCUT2D eigenvalue weighted by molar-refractivity contribution is 9.10. The van der Waals surface area contributed by atoms with E-state index in [2.05, 4.69) is 22.0 Å². The molecule has 20 heavy (non-hydrogen) atoms. The molecule has 3 nitrogen and oxygen atoms in total. The molecule has 1 aromatic rings. The number of rotatable bonds is 2. The zero-order valence-electron chi connectivity index (χ0n) is 11.5. The van der Waals surface area contributed by atoms with Gasteiger partial charge in [0.2, 0.25) is 0 Å². The molecule has 2 aliphatic carbocycles. The predicted molar refractivity (Wildman–Crippen MR) is 81.0 cm³/mol. The molecule has 0 spiro atoms. The van der Waals surface area contributed by atoms with Crippen molar-refractivity contribution >= 4 is 15.9 Å². The fourth-order valence-electron chi connectivity index (χ4n) is 4.12. The van der Waals surface area contributed by atoms with Gasteiger partial charge in [-0.25, -0.2) is 0 Å². The summed E-state index contributed by atoms with van der Waals surface area (Å²) in [5.41, 5.74) is 7.74. The molecule has 4 rings (SSSR count). The highest BCUT2D eigenvalue weighted by Gasteiger charge is 2.53. The van der Waals surface area contributed by atoms with Crippen LogP contribution in [0.25, 0.3) is 0 Å². The lowest BCUT2D eigenvalue weighted by Crippen LogP contribution is -2.18. The minimum Gasteiger partial charge on any atom is -0.486 e. The zero-order chi connectivity index (χ0) is 13.7. The van der Waals surface area contributed by atoms with Gasteiger partial charge in [-0.15, -0.1) is 0 Å². The first-order valence-electron chi connectivity index (χ1n) is 7.60. The van der Waals surface area contributed by atoms with E-state index in [1.165, 1.54) is 31.2 Å². The van der Waals surface area contributed by atoms with Crippen LogP contribution < -0.4 is 15.2 Å². The molecule has 4 heteroatoms. The topological polar surface area (TPSA) is 44.5 Å². The summed E-state index contributed by atoms with van der Waals surface area (Å²) in [5, 5.41) is 0. The number of fused-ring (bicyclic) bond motifs is 2. The Morgan fingerprint density at radius 2 is 1.65 bits per heavy atom. The van der Waals surface area contributed by atoms with Crippen molar-refractivity contribution in [1.29, 1.82) is 0 Å². The van der Waals surface area contributed by atoms with Crippen molar-refractivity contribution in [3.63, 3.8) is 0 Å². The van der Waals surface area contributed by atoms with Gasteiger partial charge in [-0.3, -0.25) is 0 Å². The average molecular weight is 338 g/mol. The molecule has 0 radical (unpaired) electrons. The van der Waals surface area contributed by atoms with E-state index in [0.29, 0.717) is 19.1 Å². The van der Waals surface area contributed by atoms with Crippen LogP contribution in [-0.2, 0) is 0 Å².